The third-order valence-corrected chi connectivity index (χ3v) is 2.57. The van der Waals surface area contributed by atoms with Gasteiger partial charge >= 0.3 is 5.97 Å². The van der Waals surface area contributed by atoms with Crippen LogP contribution in [0.25, 0.3) is 16.6 Å². The molecular weight excluding hydrogens is 242 g/mol. The molecular formula is C14H19N3O2. The highest BCUT2D eigenvalue weighted by Gasteiger charge is 2.10. The molecule has 0 unspecified atom stereocenters. The summed E-state index contributed by atoms with van der Waals surface area (Å²) in [4.78, 5) is 18.1. The maximum atomic E-state index is 10.9. The molecule has 0 aromatic carbocycles. The van der Waals surface area contributed by atoms with Gasteiger partial charge in [-0.25, -0.2) is 9.78 Å². The second-order valence-corrected chi connectivity index (χ2v) is 3.74. The number of aryl methyl sites for hydroxylation is 1. The lowest BCUT2D eigenvalue weighted by Crippen LogP contribution is -1.94. The minimum absolute atomic E-state index is 0. The van der Waals surface area contributed by atoms with E-state index >= 15 is 0 Å². The molecule has 102 valence electrons. The lowest BCUT2D eigenvalue weighted by molar-refractivity contribution is 0.0691. The Bertz CT molecular complexity index is 710. The van der Waals surface area contributed by atoms with E-state index in [1.165, 1.54) is 0 Å². The summed E-state index contributed by atoms with van der Waals surface area (Å²) in [7, 11) is 0. The second kappa shape index (κ2) is 5.56. The number of carboxylic acids is 1. The second-order valence-electron chi connectivity index (χ2n) is 3.74. The van der Waals surface area contributed by atoms with Gasteiger partial charge in [-0.15, -0.1) is 0 Å². The van der Waals surface area contributed by atoms with Crippen molar-refractivity contribution in [3.8, 4) is 0 Å². The molecule has 3 aromatic heterocycles. The van der Waals surface area contributed by atoms with Crippen molar-refractivity contribution < 1.29 is 9.90 Å². The topological polar surface area (TPSA) is 70.4 Å². The summed E-state index contributed by atoms with van der Waals surface area (Å²) in [6.07, 6.45) is 3.77. The highest BCUT2D eigenvalue weighted by atomic mass is 16.4. The number of nitrogens with zero attached hydrogens (tertiary/aromatic N) is 2. The molecule has 19 heavy (non-hydrogen) atoms. The Labute approximate surface area is 111 Å². The maximum Gasteiger partial charge on any atom is 0.352 e. The first-order valence-electron chi connectivity index (χ1n) is 5.85. The molecule has 3 heterocycles. The van der Waals surface area contributed by atoms with Gasteiger partial charge in [0.2, 0.25) is 0 Å². The molecule has 2 N–H and O–H groups in total. The van der Waals surface area contributed by atoms with Crippen LogP contribution in [0.3, 0.4) is 0 Å². The van der Waals surface area contributed by atoms with Crippen LogP contribution in [-0.2, 0) is 0 Å². The van der Waals surface area contributed by atoms with Crippen molar-refractivity contribution in [2.75, 3.05) is 0 Å². The van der Waals surface area contributed by atoms with E-state index in [0.717, 1.165) is 22.2 Å². The number of carboxylic acid groups (broad SMARTS) is 1. The van der Waals surface area contributed by atoms with E-state index in [4.69, 9.17) is 5.11 Å². The molecule has 0 radical (unpaired) electrons. The van der Waals surface area contributed by atoms with Crippen LogP contribution in [0.4, 0.5) is 0 Å². The van der Waals surface area contributed by atoms with E-state index in [0.29, 0.717) is 0 Å². The van der Waals surface area contributed by atoms with E-state index in [2.05, 4.69) is 9.97 Å². The van der Waals surface area contributed by atoms with Crippen LogP contribution in [0.2, 0.25) is 0 Å². The molecule has 0 atom stereocenters. The first-order valence-corrected chi connectivity index (χ1v) is 5.85. The van der Waals surface area contributed by atoms with Gasteiger partial charge in [-0.3, -0.25) is 0 Å². The zero-order valence-electron chi connectivity index (χ0n) is 10.6. The molecule has 0 saturated carbocycles. The van der Waals surface area contributed by atoms with Gasteiger partial charge in [0, 0.05) is 17.8 Å². The van der Waals surface area contributed by atoms with Crippen LogP contribution in [0.5, 0.6) is 0 Å². The van der Waals surface area contributed by atoms with Gasteiger partial charge in [-0.2, -0.15) is 0 Å². The standard InChI is InChI=1S/C11H9N3O2.C2H6.CH4/c1-6-5-14-3-2-8-7(10(14)12-6)4-9(13-8)11(15)16;1-2;/h2-5,13H,1H3,(H,15,16);1-2H3;1H4. The van der Waals surface area contributed by atoms with E-state index in [1.807, 2.05) is 43.6 Å². The molecule has 0 amide bonds. The zero-order chi connectivity index (χ0) is 13.3. The van der Waals surface area contributed by atoms with Crippen molar-refractivity contribution in [1.29, 1.82) is 0 Å². The lowest BCUT2D eigenvalue weighted by atomic mass is 10.3. The van der Waals surface area contributed by atoms with Crippen molar-refractivity contribution in [1.82, 2.24) is 14.4 Å². The van der Waals surface area contributed by atoms with Gasteiger partial charge in [0.1, 0.15) is 11.3 Å². The molecule has 0 aliphatic rings. The largest absolute Gasteiger partial charge is 0.477 e. The highest BCUT2D eigenvalue weighted by Crippen LogP contribution is 2.20. The van der Waals surface area contributed by atoms with Crippen LogP contribution in [-0.4, -0.2) is 25.4 Å². The fraction of sp³-hybridized carbons (Fsp3) is 0.286. The molecule has 0 bridgehead atoms. The summed E-state index contributed by atoms with van der Waals surface area (Å²) < 4.78 is 1.89. The van der Waals surface area contributed by atoms with Gasteiger partial charge in [-0.1, -0.05) is 21.3 Å². The third-order valence-electron chi connectivity index (χ3n) is 2.57. The Morgan fingerprint density at radius 1 is 1.42 bits per heavy atom. The third kappa shape index (κ3) is 2.45. The van der Waals surface area contributed by atoms with E-state index < -0.39 is 5.97 Å². The predicted octanol–water partition coefficient (Wildman–Crippen LogP) is 3.48. The number of aromatic amines is 1. The van der Waals surface area contributed by atoms with Gasteiger partial charge in [0.25, 0.3) is 0 Å². The number of aromatic nitrogens is 3. The summed E-state index contributed by atoms with van der Waals surface area (Å²) in [5, 5.41) is 9.73. The highest BCUT2D eigenvalue weighted by molar-refractivity contribution is 5.99. The zero-order valence-corrected chi connectivity index (χ0v) is 10.6. The van der Waals surface area contributed by atoms with E-state index in [-0.39, 0.29) is 13.1 Å². The quantitative estimate of drug-likeness (QED) is 0.704. The van der Waals surface area contributed by atoms with Gasteiger partial charge in [0.05, 0.1) is 11.2 Å². The number of pyridine rings is 1. The molecule has 0 fully saturated rings. The summed E-state index contributed by atoms with van der Waals surface area (Å²) in [6, 6.07) is 3.45. The maximum absolute atomic E-state index is 10.9. The fourth-order valence-electron chi connectivity index (χ4n) is 1.89. The number of fused-ring (bicyclic) bond motifs is 3. The molecule has 5 nitrogen and oxygen atoms in total. The first-order chi connectivity index (χ1) is 8.65. The van der Waals surface area contributed by atoms with Crippen LogP contribution in [0.1, 0.15) is 37.5 Å². The monoisotopic (exact) mass is 261 g/mol. The molecule has 0 aliphatic heterocycles. The summed E-state index contributed by atoms with van der Waals surface area (Å²) >= 11 is 0. The van der Waals surface area contributed by atoms with Gasteiger partial charge in [-0.05, 0) is 19.1 Å². The van der Waals surface area contributed by atoms with Crippen molar-refractivity contribution in [2.24, 2.45) is 0 Å². The van der Waals surface area contributed by atoms with E-state index in [9.17, 15) is 4.79 Å². The van der Waals surface area contributed by atoms with E-state index in [1.54, 1.807) is 6.07 Å². The smallest absolute Gasteiger partial charge is 0.352 e. The first kappa shape index (κ1) is 14.8. The van der Waals surface area contributed by atoms with Crippen LogP contribution in [0, 0.1) is 6.92 Å². The number of rotatable bonds is 1. The normalized spacial score (nSPS) is 9.84. The summed E-state index contributed by atoms with van der Waals surface area (Å²) in [6.45, 7) is 5.91. The predicted molar refractivity (Wildman–Crippen MR) is 76.8 cm³/mol. The fourth-order valence-corrected chi connectivity index (χ4v) is 1.89. The Morgan fingerprint density at radius 2 is 2.11 bits per heavy atom. The van der Waals surface area contributed by atoms with Crippen LogP contribution < -0.4 is 0 Å². The van der Waals surface area contributed by atoms with Gasteiger partial charge in [0.15, 0.2) is 0 Å². The SMILES string of the molecule is C.CC.Cc1cn2ccc3[nH]c(C(=O)O)cc3c2n1. The minimum atomic E-state index is -0.961. The minimum Gasteiger partial charge on any atom is -0.477 e. The summed E-state index contributed by atoms with van der Waals surface area (Å²) in [5.41, 5.74) is 2.66. The van der Waals surface area contributed by atoms with Crippen molar-refractivity contribution >= 4 is 22.5 Å². The Balaban J connectivity index is 0.000000576. The van der Waals surface area contributed by atoms with Crippen LogP contribution >= 0.6 is 0 Å². The van der Waals surface area contributed by atoms with Crippen LogP contribution in [0.15, 0.2) is 24.5 Å². The lowest BCUT2D eigenvalue weighted by Gasteiger charge is -1.93. The molecule has 0 saturated heterocycles. The summed E-state index contributed by atoms with van der Waals surface area (Å²) in [5.74, 6) is -0.961. The number of hydrogen-bond donors (Lipinski definition) is 2. The van der Waals surface area contributed by atoms with Crippen molar-refractivity contribution in [3.05, 3.63) is 35.9 Å². The number of H-pyrrole nitrogens is 1. The molecule has 0 spiro atoms. The number of aromatic carboxylic acids is 1. The number of hydrogen-bond acceptors (Lipinski definition) is 2. The number of carbonyl (C=O) groups is 1. The van der Waals surface area contributed by atoms with Crippen molar-refractivity contribution in [2.45, 2.75) is 28.2 Å². The number of nitrogens with one attached hydrogen (secondary N) is 1. The number of imidazole rings is 1. The Hall–Kier alpha value is -2.30. The molecule has 0 aliphatic carbocycles. The van der Waals surface area contributed by atoms with Crippen molar-refractivity contribution in [3.63, 3.8) is 0 Å². The molecule has 5 heteroatoms. The van der Waals surface area contributed by atoms with Gasteiger partial charge < -0.3 is 14.5 Å². The molecule has 3 rings (SSSR count). The molecule has 3 aromatic rings. The average Bonchev–Trinajstić information content (AvgIpc) is 2.92. The Morgan fingerprint density at radius 3 is 2.74 bits per heavy atom. The Kier molecular flexibility index (Phi) is 4.32. The average molecular weight is 261 g/mol.